The van der Waals surface area contributed by atoms with Gasteiger partial charge in [0.15, 0.2) is 12.4 Å². The molecule has 0 unspecified atom stereocenters. The molecule has 0 bridgehead atoms. The SMILES string of the molecule is CC(=O)c1c(F)cc(F)cc1OCC(=O)N1CCc2ccccc2C1. The maximum atomic E-state index is 13.8. The van der Waals surface area contributed by atoms with Crippen LogP contribution in [0.1, 0.15) is 28.4 Å². The molecule has 25 heavy (non-hydrogen) atoms. The number of amides is 1. The first-order chi connectivity index (χ1) is 12.0. The number of rotatable bonds is 4. The highest BCUT2D eigenvalue weighted by Crippen LogP contribution is 2.24. The van der Waals surface area contributed by atoms with Crippen molar-refractivity contribution < 1.29 is 23.1 Å². The number of fused-ring (bicyclic) bond motifs is 1. The zero-order valence-corrected chi connectivity index (χ0v) is 13.7. The molecule has 0 N–H and O–H groups in total. The number of carbonyl (C=O) groups excluding carboxylic acids is 2. The first-order valence-electron chi connectivity index (χ1n) is 7.93. The van der Waals surface area contributed by atoms with E-state index in [4.69, 9.17) is 4.74 Å². The summed E-state index contributed by atoms with van der Waals surface area (Å²) in [6.45, 7) is 1.80. The summed E-state index contributed by atoms with van der Waals surface area (Å²) in [5, 5.41) is 0. The lowest BCUT2D eigenvalue weighted by Crippen LogP contribution is -2.38. The Bertz CT molecular complexity index is 835. The van der Waals surface area contributed by atoms with Gasteiger partial charge in [-0.3, -0.25) is 9.59 Å². The number of nitrogens with zero attached hydrogens (tertiary/aromatic N) is 1. The van der Waals surface area contributed by atoms with Crippen molar-refractivity contribution in [1.82, 2.24) is 4.90 Å². The van der Waals surface area contributed by atoms with Gasteiger partial charge in [0.2, 0.25) is 0 Å². The lowest BCUT2D eigenvalue weighted by atomic mass is 10.00. The minimum absolute atomic E-state index is 0.254. The minimum Gasteiger partial charge on any atom is -0.483 e. The van der Waals surface area contributed by atoms with Gasteiger partial charge in [0.1, 0.15) is 17.4 Å². The van der Waals surface area contributed by atoms with E-state index in [0.717, 1.165) is 25.0 Å². The van der Waals surface area contributed by atoms with E-state index in [2.05, 4.69) is 0 Å². The van der Waals surface area contributed by atoms with Crippen LogP contribution in [0.2, 0.25) is 0 Å². The standard InChI is InChI=1S/C19H17F2NO3/c1-12(23)19-16(21)8-15(20)9-17(19)25-11-18(24)22-7-6-13-4-2-3-5-14(13)10-22/h2-5,8-9H,6-7,10-11H2,1H3. The highest BCUT2D eigenvalue weighted by Gasteiger charge is 2.22. The van der Waals surface area contributed by atoms with Gasteiger partial charge in [-0.05, 0) is 24.5 Å². The van der Waals surface area contributed by atoms with Gasteiger partial charge >= 0.3 is 0 Å². The van der Waals surface area contributed by atoms with Gasteiger partial charge in [-0.15, -0.1) is 0 Å². The molecule has 1 aliphatic heterocycles. The Morgan fingerprint density at radius 1 is 1.16 bits per heavy atom. The normalized spacial score (nSPS) is 13.3. The largest absolute Gasteiger partial charge is 0.483 e. The van der Waals surface area contributed by atoms with Crippen LogP contribution in [0.4, 0.5) is 8.78 Å². The van der Waals surface area contributed by atoms with Gasteiger partial charge in [-0.2, -0.15) is 0 Å². The highest BCUT2D eigenvalue weighted by molar-refractivity contribution is 5.97. The topological polar surface area (TPSA) is 46.6 Å². The van der Waals surface area contributed by atoms with Crippen molar-refractivity contribution in [2.24, 2.45) is 0 Å². The van der Waals surface area contributed by atoms with Crippen LogP contribution in [0, 0.1) is 11.6 Å². The second-order valence-electron chi connectivity index (χ2n) is 5.94. The predicted molar refractivity (Wildman–Crippen MR) is 87.4 cm³/mol. The molecule has 130 valence electrons. The van der Waals surface area contributed by atoms with Crippen molar-refractivity contribution in [3.8, 4) is 5.75 Å². The quantitative estimate of drug-likeness (QED) is 0.800. The predicted octanol–water partition coefficient (Wildman–Crippen LogP) is 3.13. The van der Waals surface area contributed by atoms with Crippen molar-refractivity contribution in [2.45, 2.75) is 19.9 Å². The Morgan fingerprint density at radius 3 is 2.60 bits per heavy atom. The molecule has 0 saturated heterocycles. The number of hydrogen-bond acceptors (Lipinski definition) is 3. The molecule has 2 aromatic rings. The molecule has 0 saturated carbocycles. The first kappa shape index (κ1) is 17.1. The molecule has 0 aliphatic carbocycles. The highest BCUT2D eigenvalue weighted by atomic mass is 19.1. The maximum absolute atomic E-state index is 13.8. The summed E-state index contributed by atoms with van der Waals surface area (Å²) in [7, 11) is 0. The summed E-state index contributed by atoms with van der Waals surface area (Å²) in [4.78, 5) is 25.5. The van der Waals surface area contributed by atoms with Crippen LogP contribution in [0.5, 0.6) is 5.75 Å². The average Bonchev–Trinajstić information content (AvgIpc) is 2.58. The van der Waals surface area contributed by atoms with E-state index in [-0.39, 0.29) is 23.8 Å². The average molecular weight is 345 g/mol. The Kier molecular flexibility index (Phi) is 4.79. The third-order valence-electron chi connectivity index (χ3n) is 4.21. The molecule has 1 aliphatic rings. The summed E-state index contributed by atoms with van der Waals surface area (Å²) in [5.74, 6) is -3.00. The van der Waals surface area contributed by atoms with Gasteiger partial charge in [-0.25, -0.2) is 8.78 Å². The maximum Gasteiger partial charge on any atom is 0.260 e. The summed E-state index contributed by atoms with van der Waals surface area (Å²) < 4.78 is 32.4. The van der Waals surface area contributed by atoms with Crippen LogP contribution in [-0.2, 0) is 17.8 Å². The van der Waals surface area contributed by atoms with E-state index in [9.17, 15) is 18.4 Å². The van der Waals surface area contributed by atoms with Crippen molar-refractivity contribution in [3.05, 3.63) is 64.7 Å². The van der Waals surface area contributed by atoms with Crippen LogP contribution >= 0.6 is 0 Å². The molecule has 1 amide bonds. The zero-order valence-electron chi connectivity index (χ0n) is 13.7. The number of carbonyl (C=O) groups is 2. The molecule has 0 radical (unpaired) electrons. The van der Waals surface area contributed by atoms with E-state index >= 15 is 0 Å². The Hall–Kier alpha value is -2.76. The van der Waals surface area contributed by atoms with Crippen LogP contribution in [0.3, 0.4) is 0 Å². The third kappa shape index (κ3) is 3.68. The number of benzene rings is 2. The van der Waals surface area contributed by atoms with Crippen molar-refractivity contribution in [1.29, 1.82) is 0 Å². The van der Waals surface area contributed by atoms with Gasteiger partial charge in [0.25, 0.3) is 5.91 Å². The molecule has 0 atom stereocenters. The van der Waals surface area contributed by atoms with Crippen molar-refractivity contribution >= 4 is 11.7 Å². The van der Waals surface area contributed by atoms with Crippen LogP contribution < -0.4 is 4.74 Å². The van der Waals surface area contributed by atoms with E-state index in [1.807, 2.05) is 24.3 Å². The molecule has 0 aromatic heterocycles. The summed E-state index contributed by atoms with van der Waals surface area (Å²) in [6.07, 6.45) is 0.745. The summed E-state index contributed by atoms with van der Waals surface area (Å²) in [6, 6.07) is 9.40. The van der Waals surface area contributed by atoms with Crippen LogP contribution in [0.25, 0.3) is 0 Å². The molecule has 0 spiro atoms. The second kappa shape index (κ2) is 7.01. The number of ether oxygens (including phenoxy) is 1. The van der Waals surface area contributed by atoms with E-state index in [0.29, 0.717) is 19.2 Å². The summed E-state index contributed by atoms with van der Waals surface area (Å²) in [5.41, 5.74) is 1.93. The fourth-order valence-electron chi connectivity index (χ4n) is 2.94. The number of Topliss-reactive ketones (excluding diaryl/α,β-unsaturated/α-hetero) is 1. The number of ketones is 1. The van der Waals surface area contributed by atoms with E-state index < -0.39 is 17.4 Å². The monoisotopic (exact) mass is 345 g/mol. The second-order valence-corrected chi connectivity index (χ2v) is 5.94. The molecular formula is C19H17F2NO3. The van der Waals surface area contributed by atoms with Crippen LogP contribution in [-0.4, -0.2) is 29.7 Å². The van der Waals surface area contributed by atoms with Crippen LogP contribution in [0.15, 0.2) is 36.4 Å². The lowest BCUT2D eigenvalue weighted by Gasteiger charge is -2.28. The number of hydrogen-bond donors (Lipinski definition) is 0. The molecule has 6 heteroatoms. The lowest BCUT2D eigenvalue weighted by molar-refractivity contribution is -0.134. The summed E-state index contributed by atoms with van der Waals surface area (Å²) >= 11 is 0. The van der Waals surface area contributed by atoms with Gasteiger partial charge in [0, 0.05) is 25.2 Å². The van der Waals surface area contributed by atoms with Crippen molar-refractivity contribution in [2.75, 3.05) is 13.2 Å². The Balaban J connectivity index is 1.70. The third-order valence-corrected chi connectivity index (χ3v) is 4.21. The fraction of sp³-hybridized carbons (Fsp3) is 0.263. The minimum atomic E-state index is -0.998. The molecule has 1 heterocycles. The van der Waals surface area contributed by atoms with Crippen molar-refractivity contribution in [3.63, 3.8) is 0 Å². The molecule has 2 aromatic carbocycles. The molecular weight excluding hydrogens is 328 g/mol. The Morgan fingerprint density at radius 2 is 1.88 bits per heavy atom. The molecule has 3 rings (SSSR count). The molecule has 4 nitrogen and oxygen atoms in total. The smallest absolute Gasteiger partial charge is 0.260 e. The molecule has 0 fully saturated rings. The van der Waals surface area contributed by atoms with E-state index in [1.165, 1.54) is 5.56 Å². The van der Waals surface area contributed by atoms with Gasteiger partial charge in [-0.1, -0.05) is 24.3 Å². The van der Waals surface area contributed by atoms with Gasteiger partial charge < -0.3 is 9.64 Å². The number of halogens is 2. The zero-order chi connectivity index (χ0) is 18.0. The first-order valence-corrected chi connectivity index (χ1v) is 7.93. The van der Waals surface area contributed by atoms with Gasteiger partial charge in [0.05, 0.1) is 5.56 Å². The fourth-order valence-corrected chi connectivity index (χ4v) is 2.94. The van der Waals surface area contributed by atoms with E-state index in [1.54, 1.807) is 4.90 Å². The Labute approximate surface area is 144 Å².